The quantitative estimate of drug-likeness (QED) is 0.746. The van der Waals surface area contributed by atoms with E-state index in [1.807, 2.05) is 37.8 Å². The fourth-order valence-electron chi connectivity index (χ4n) is 1.79. The Balaban J connectivity index is 2.98. The van der Waals surface area contributed by atoms with Crippen LogP contribution >= 0.6 is 23.2 Å². The summed E-state index contributed by atoms with van der Waals surface area (Å²) >= 11 is 11.9. The van der Waals surface area contributed by atoms with Crippen LogP contribution in [0.3, 0.4) is 0 Å². The predicted octanol–water partition coefficient (Wildman–Crippen LogP) is 4.13. The smallest absolute Gasteiger partial charge is 0.255 e. The molecular formula is C14H19Cl2NO. The maximum Gasteiger partial charge on any atom is 0.255 e. The first-order valence-corrected chi connectivity index (χ1v) is 7.02. The zero-order chi connectivity index (χ0) is 13.7. The average molecular weight is 288 g/mol. The van der Waals surface area contributed by atoms with Crippen LogP contribution in [-0.2, 0) is 0 Å². The Morgan fingerprint density at radius 1 is 1.39 bits per heavy atom. The van der Waals surface area contributed by atoms with Crippen LogP contribution < -0.4 is 0 Å². The second kappa shape index (κ2) is 7.01. The van der Waals surface area contributed by atoms with E-state index in [9.17, 15) is 4.79 Å². The normalized spacial score (nSPS) is 10.8. The van der Waals surface area contributed by atoms with Crippen molar-refractivity contribution in [2.45, 2.75) is 33.2 Å². The fourth-order valence-corrected chi connectivity index (χ4v) is 2.12. The molecule has 0 saturated heterocycles. The van der Waals surface area contributed by atoms with Crippen LogP contribution in [0.2, 0.25) is 5.02 Å². The molecule has 0 aliphatic carbocycles. The molecule has 1 amide bonds. The highest BCUT2D eigenvalue weighted by molar-refractivity contribution is 6.34. The molecule has 1 aromatic rings. The van der Waals surface area contributed by atoms with Crippen molar-refractivity contribution in [1.82, 2.24) is 4.90 Å². The van der Waals surface area contributed by atoms with Gasteiger partial charge in [-0.15, -0.1) is 11.6 Å². The Bertz CT molecular complexity index is 418. The summed E-state index contributed by atoms with van der Waals surface area (Å²) in [4.78, 5) is 14.3. The number of nitrogens with zero attached hydrogens (tertiary/aromatic N) is 1. The third-order valence-electron chi connectivity index (χ3n) is 2.84. The van der Waals surface area contributed by atoms with Crippen molar-refractivity contribution in [3.8, 4) is 0 Å². The van der Waals surface area contributed by atoms with Gasteiger partial charge in [-0.3, -0.25) is 4.79 Å². The lowest BCUT2D eigenvalue weighted by molar-refractivity contribution is 0.0706. The molecule has 0 N–H and O–H groups in total. The van der Waals surface area contributed by atoms with Gasteiger partial charge in [-0.1, -0.05) is 23.7 Å². The highest BCUT2D eigenvalue weighted by atomic mass is 35.5. The summed E-state index contributed by atoms with van der Waals surface area (Å²) in [5.74, 6) is 0.529. The van der Waals surface area contributed by atoms with Crippen LogP contribution in [0.1, 0.15) is 36.2 Å². The number of rotatable bonds is 5. The largest absolute Gasteiger partial charge is 0.336 e. The fraction of sp³-hybridized carbons (Fsp3) is 0.500. The van der Waals surface area contributed by atoms with E-state index in [-0.39, 0.29) is 11.9 Å². The zero-order valence-corrected chi connectivity index (χ0v) is 12.6. The molecule has 0 spiro atoms. The second-order valence-corrected chi connectivity index (χ2v) is 5.33. The minimum atomic E-state index is -0.0242. The van der Waals surface area contributed by atoms with Gasteiger partial charge in [0.05, 0.1) is 10.6 Å². The number of halogens is 2. The van der Waals surface area contributed by atoms with Gasteiger partial charge >= 0.3 is 0 Å². The first-order chi connectivity index (χ1) is 8.49. The topological polar surface area (TPSA) is 20.3 Å². The van der Waals surface area contributed by atoms with E-state index in [1.54, 1.807) is 6.07 Å². The molecule has 0 aliphatic heterocycles. The summed E-state index contributed by atoms with van der Waals surface area (Å²) in [7, 11) is 0. The number of carbonyl (C=O) groups is 1. The summed E-state index contributed by atoms with van der Waals surface area (Å²) in [6.45, 7) is 6.55. The second-order valence-electron chi connectivity index (χ2n) is 4.57. The molecule has 0 heterocycles. The van der Waals surface area contributed by atoms with Crippen molar-refractivity contribution in [3.63, 3.8) is 0 Å². The Morgan fingerprint density at radius 3 is 2.61 bits per heavy atom. The van der Waals surface area contributed by atoms with Crippen molar-refractivity contribution in [2.75, 3.05) is 12.4 Å². The molecule has 0 atom stereocenters. The van der Waals surface area contributed by atoms with E-state index in [0.717, 1.165) is 12.0 Å². The molecule has 0 saturated carbocycles. The maximum atomic E-state index is 12.5. The third-order valence-corrected chi connectivity index (χ3v) is 3.61. The van der Waals surface area contributed by atoms with Gasteiger partial charge in [0.15, 0.2) is 0 Å². The average Bonchev–Trinajstić information content (AvgIpc) is 2.32. The Hall–Kier alpha value is -0.730. The van der Waals surface area contributed by atoms with Gasteiger partial charge in [0.1, 0.15) is 0 Å². The molecule has 0 bridgehead atoms. The number of hydrogen-bond donors (Lipinski definition) is 0. The SMILES string of the molecule is Cc1cccc(C(=O)N(CCCCl)C(C)C)c1Cl. The predicted molar refractivity (Wildman–Crippen MR) is 77.7 cm³/mol. The minimum Gasteiger partial charge on any atom is -0.336 e. The van der Waals surface area contributed by atoms with Gasteiger partial charge in [-0.2, -0.15) is 0 Å². The van der Waals surface area contributed by atoms with Crippen LogP contribution in [0.4, 0.5) is 0 Å². The summed E-state index contributed by atoms with van der Waals surface area (Å²) in [5.41, 5.74) is 1.49. The van der Waals surface area contributed by atoms with E-state index < -0.39 is 0 Å². The molecule has 2 nitrogen and oxygen atoms in total. The van der Waals surface area contributed by atoms with Crippen LogP contribution in [0.15, 0.2) is 18.2 Å². The number of carbonyl (C=O) groups excluding carboxylic acids is 1. The number of hydrogen-bond acceptors (Lipinski definition) is 1. The zero-order valence-electron chi connectivity index (χ0n) is 11.0. The van der Waals surface area contributed by atoms with Crippen molar-refractivity contribution in [2.24, 2.45) is 0 Å². The van der Waals surface area contributed by atoms with E-state index in [2.05, 4.69) is 0 Å². The molecule has 0 radical (unpaired) electrons. The number of aryl methyl sites for hydroxylation is 1. The van der Waals surface area contributed by atoms with Crippen LogP contribution in [-0.4, -0.2) is 29.3 Å². The van der Waals surface area contributed by atoms with Gasteiger partial charge < -0.3 is 4.90 Å². The highest BCUT2D eigenvalue weighted by Gasteiger charge is 2.20. The summed E-state index contributed by atoms with van der Waals surface area (Å²) in [6.07, 6.45) is 0.787. The number of alkyl halides is 1. The van der Waals surface area contributed by atoms with Crippen LogP contribution in [0.25, 0.3) is 0 Å². The number of amides is 1. The molecular weight excluding hydrogens is 269 g/mol. The minimum absolute atomic E-state index is 0.0242. The van der Waals surface area contributed by atoms with Crippen LogP contribution in [0, 0.1) is 6.92 Å². The monoisotopic (exact) mass is 287 g/mol. The Morgan fingerprint density at radius 2 is 2.06 bits per heavy atom. The van der Waals surface area contributed by atoms with Gasteiger partial charge in [0.25, 0.3) is 5.91 Å². The van der Waals surface area contributed by atoms with E-state index in [0.29, 0.717) is 23.0 Å². The lowest BCUT2D eigenvalue weighted by atomic mass is 10.1. The molecule has 1 aromatic carbocycles. The highest BCUT2D eigenvalue weighted by Crippen LogP contribution is 2.22. The van der Waals surface area contributed by atoms with E-state index >= 15 is 0 Å². The Kier molecular flexibility index (Phi) is 5.97. The molecule has 100 valence electrons. The van der Waals surface area contributed by atoms with E-state index in [4.69, 9.17) is 23.2 Å². The summed E-state index contributed by atoms with van der Waals surface area (Å²) < 4.78 is 0. The van der Waals surface area contributed by atoms with Crippen molar-refractivity contribution in [1.29, 1.82) is 0 Å². The first kappa shape index (κ1) is 15.3. The maximum absolute atomic E-state index is 12.5. The van der Waals surface area contributed by atoms with E-state index in [1.165, 1.54) is 0 Å². The van der Waals surface area contributed by atoms with Crippen molar-refractivity contribution < 1.29 is 4.79 Å². The molecule has 0 aromatic heterocycles. The summed E-state index contributed by atoms with van der Waals surface area (Å²) in [5, 5.41) is 0.541. The van der Waals surface area contributed by atoms with Crippen molar-refractivity contribution in [3.05, 3.63) is 34.3 Å². The van der Waals surface area contributed by atoms with Crippen LogP contribution in [0.5, 0.6) is 0 Å². The lowest BCUT2D eigenvalue weighted by Crippen LogP contribution is -2.38. The van der Waals surface area contributed by atoms with Gasteiger partial charge in [0, 0.05) is 18.5 Å². The molecule has 18 heavy (non-hydrogen) atoms. The van der Waals surface area contributed by atoms with Gasteiger partial charge in [0.2, 0.25) is 0 Å². The number of benzene rings is 1. The molecule has 4 heteroatoms. The Labute approximate surface area is 119 Å². The van der Waals surface area contributed by atoms with Crippen molar-refractivity contribution >= 4 is 29.1 Å². The third kappa shape index (κ3) is 3.63. The standard InChI is InChI=1S/C14H19Cl2NO/c1-10(2)17(9-5-8-15)14(18)12-7-4-6-11(3)13(12)16/h4,6-7,10H,5,8-9H2,1-3H3. The molecule has 1 rings (SSSR count). The van der Waals surface area contributed by atoms with Gasteiger partial charge in [-0.05, 0) is 38.8 Å². The molecule has 0 unspecified atom stereocenters. The molecule has 0 fully saturated rings. The lowest BCUT2D eigenvalue weighted by Gasteiger charge is -2.27. The first-order valence-electron chi connectivity index (χ1n) is 6.11. The summed E-state index contributed by atoms with van der Waals surface area (Å²) in [6, 6.07) is 5.66. The van der Waals surface area contributed by atoms with Gasteiger partial charge in [-0.25, -0.2) is 0 Å². The molecule has 0 aliphatic rings.